The summed E-state index contributed by atoms with van der Waals surface area (Å²) in [5.74, 6) is 0.117. The first kappa shape index (κ1) is 19.1. The highest BCUT2D eigenvalue weighted by Crippen LogP contribution is 2.22. The number of carbonyl (C=O) groups is 2. The molecule has 0 spiro atoms. The normalized spacial score (nSPS) is 10.2. The van der Waals surface area contributed by atoms with Crippen LogP contribution in [0.1, 0.15) is 15.9 Å². The lowest BCUT2D eigenvalue weighted by molar-refractivity contribution is -0.120. The summed E-state index contributed by atoms with van der Waals surface area (Å²) < 4.78 is 5.26. The van der Waals surface area contributed by atoms with Crippen LogP contribution in [0.5, 0.6) is 5.75 Å². The maximum absolute atomic E-state index is 12.0. The molecule has 0 aromatic heterocycles. The average Bonchev–Trinajstić information content (AvgIpc) is 2.62. The Morgan fingerprint density at radius 3 is 2.52 bits per heavy atom. The minimum atomic E-state index is -0.390. The van der Waals surface area contributed by atoms with E-state index in [0.29, 0.717) is 23.6 Å². The van der Waals surface area contributed by atoms with E-state index in [0.717, 1.165) is 11.3 Å². The second kappa shape index (κ2) is 9.30. The highest BCUT2D eigenvalue weighted by atomic mass is 35.5. The molecule has 2 rings (SSSR count). The molecule has 7 heteroatoms. The van der Waals surface area contributed by atoms with Crippen molar-refractivity contribution in [2.75, 3.05) is 20.2 Å². The molecule has 0 heterocycles. The number of methoxy groups -OCH3 is 1. The average molecular weight is 381 g/mol. The molecule has 0 fully saturated rings. The van der Waals surface area contributed by atoms with Gasteiger partial charge in [0.1, 0.15) is 5.75 Å². The number of halogens is 2. The van der Waals surface area contributed by atoms with Crippen LogP contribution < -0.4 is 15.4 Å². The summed E-state index contributed by atoms with van der Waals surface area (Å²) in [6.07, 6.45) is 0.635. The summed E-state index contributed by atoms with van der Waals surface area (Å²) in [4.78, 5) is 23.8. The standard InChI is InChI=1S/C18H18Cl2N2O3/c1-25-16-5-3-2-4-12(16)8-9-21-17(23)11-22-18(24)13-6-7-14(19)15(20)10-13/h2-7,10H,8-9,11H2,1H3,(H,21,23)(H,22,24). The predicted octanol–water partition coefficient (Wildman–Crippen LogP) is 3.09. The molecule has 0 unspecified atom stereocenters. The monoisotopic (exact) mass is 380 g/mol. The van der Waals surface area contributed by atoms with E-state index in [4.69, 9.17) is 27.9 Å². The summed E-state index contributed by atoms with van der Waals surface area (Å²) in [5.41, 5.74) is 1.35. The number of amides is 2. The fourth-order valence-electron chi connectivity index (χ4n) is 2.21. The van der Waals surface area contributed by atoms with Crippen LogP contribution in [0.15, 0.2) is 42.5 Å². The number of ether oxygens (including phenoxy) is 1. The predicted molar refractivity (Wildman–Crippen MR) is 98.5 cm³/mol. The van der Waals surface area contributed by atoms with E-state index in [1.807, 2.05) is 24.3 Å². The molecule has 0 radical (unpaired) electrons. The fraction of sp³-hybridized carbons (Fsp3) is 0.222. The molecule has 0 aliphatic heterocycles. The molecule has 2 amide bonds. The van der Waals surface area contributed by atoms with Crippen molar-refractivity contribution < 1.29 is 14.3 Å². The molecule has 0 aliphatic carbocycles. The Balaban J connectivity index is 1.76. The van der Waals surface area contributed by atoms with Crippen molar-refractivity contribution in [1.29, 1.82) is 0 Å². The molecule has 0 bridgehead atoms. The molecule has 2 aromatic carbocycles. The Labute approximate surface area is 156 Å². The molecule has 2 N–H and O–H groups in total. The summed E-state index contributed by atoms with van der Waals surface area (Å²) in [6.45, 7) is 0.326. The van der Waals surface area contributed by atoms with Crippen molar-refractivity contribution in [3.05, 3.63) is 63.6 Å². The van der Waals surface area contributed by atoms with Gasteiger partial charge in [-0.15, -0.1) is 0 Å². The summed E-state index contributed by atoms with van der Waals surface area (Å²) in [5, 5.41) is 5.95. The van der Waals surface area contributed by atoms with Crippen molar-refractivity contribution in [2.24, 2.45) is 0 Å². The third kappa shape index (κ3) is 5.66. The topological polar surface area (TPSA) is 67.4 Å². The Morgan fingerprint density at radius 2 is 1.80 bits per heavy atom. The Kier molecular flexibility index (Phi) is 7.10. The lowest BCUT2D eigenvalue weighted by Crippen LogP contribution is -2.37. The third-order valence-electron chi connectivity index (χ3n) is 3.50. The van der Waals surface area contributed by atoms with E-state index in [1.165, 1.54) is 12.1 Å². The molecule has 0 saturated carbocycles. The number of carbonyl (C=O) groups excluding carboxylic acids is 2. The van der Waals surface area contributed by atoms with Crippen molar-refractivity contribution in [1.82, 2.24) is 10.6 Å². The quantitative estimate of drug-likeness (QED) is 0.775. The molecule has 25 heavy (non-hydrogen) atoms. The van der Waals surface area contributed by atoms with Crippen molar-refractivity contribution >= 4 is 35.0 Å². The first-order chi connectivity index (χ1) is 12.0. The van der Waals surface area contributed by atoms with Crippen LogP contribution >= 0.6 is 23.2 Å². The first-order valence-corrected chi connectivity index (χ1v) is 8.38. The maximum atomic E-state index is 12.0. The van der Waals surface area contributed by atoms with Gasteiger partial charge in [-0.05, 0) is 36.2 Å². The minimum absolute atomic E-state index is 0.120. The Morgan fingerprint density at radius 1 is 1.04 bits per heavy atom. The second-order valence-electron chi connectivity index (χ2n) is 5.22. The molecule has 5 nitrogen and oxygen atoms in total. The van der Waals surface area contributed by atoms with E-state index < -0.39 is 5.91 Å². The summed E-state index contributed by atoms with van der Waals surface area (Å²) in [6, 6.07) is 12.1. The van der Waals surface area contributed by atoms with Crippen LogP contribution in [-0.2, 0) is 11.2 Å². The van der Waals surface area contributed by atoms with Crippen LogP contribution in [0.3, 0.4) is 0 Å². The smallest absolute Gasteiger partial charge is 0.251 e. The van der Waals surface area contributed by atoms with Gasteiger partial charge in [-0.2, -0.15) is 0 Å². The minimum Gasteiger partial charge on any atom is -0.496 e. The van der Waals surface area contributed by atoms with Gasteiger partial charge in [0, 0.05) is 12.1 Å². The molecular weight excluding hydrogens is 363 g/mol. The first-order valence-electron chi connectivity index (χ1n) is 7.63. The Hall–Kier alpha value is -2.24. The van der Waals surface area contributed by atoms with Gasteiger partial charge in [0.05, 0.1) is 23.7 Å². The molecule has 2 aromatic rings. The van der Waals surface area contributed by atoms with Gasteiger partial charge in [-0.25, -0.2) is 0 Å². The Bertz CT molecular complexity index is 766. The molecule has 0 aliphatic rings. The zero-order valence-corrected chi connectivity index (χ0v) is 15.2. The van der Waals surface area contributed by atoms with E-state index in [1.54, 1.807) is 13.2 Å². The van der Waals surface area contributed by atoms with Gasteiger partial charge in [0.15, 0.2) is 0 Å². The van der Waals surface area contributed by atoms with Crippen molar-refractivity contribution in [2.45, 2.75) is 6.42 Å². The third-order valence-corrected chi connectivity index (χ3v) is 4.24. The molecule has 132 valence electrons. The van der Waals surface area contributed by atoms with Gasteiger partial charge in [0.2, 0.25) is 5.91 Å². The number of para-hydroxylation sites is 1. The van der Waals surface area contributed by atoms with Gasteiger partial charge in [0.25, 0.3) is 5.91 Å². The number of nitrogens with one attached hydrogen (secondary N) is 2. The van der Waals surface area contributed by atoms with Crippen molar-refractivity contribution in [3.63, 3.8) is 0 Å². The van der Waals surface area contributed by atoms with Gasteiger partial charge >= 0.3 is 0 Å². The number of rotatable bonds is 7. The fourth-order valence-corrected chi connectivity index (χ4v) is 2.51. The summed E-state index contributed by atoms with van der Waals surface area (Å²) in [7, 11) is 1.61. The van der Waals surface area contributed by atoms with Gasteiger partial charge in [-0.1, -0.05) is 41.4 Å². The van der Waals surface area contributed by atoms with Crippen LogP contribution in [0.4, 0.5) is 0 Å². The van der Waals surface area contributed by atoms with E-state index in [-0.39, 0.29) is 17.5 Å². The SMILES string of the molecule is COc1ccccc1CCNC(=O)CNC(=O)c1ccc(Cl)c(Cl)c1. The van der Waals surface area contributed by atoms with Crippen molar-refractivity contribution in [3.8, 4) is 5.75 Å². The highest BCUT2D eigenvalue weighted by molar-refractivity contribution is 6.42. The van der Waals surface area contributed by atoms with Crippen LogP contribution in [-0.4, -0.2) is 32.0 Å². The lowest BCUT2D eigenvalue weighted by Gasteiger charge is -2.10. The van der Waals surface area contributed by atoms with E-state index in [9.17, 15) is 9.59 Å². The van der Waals surface area contributed by atoms with Crippen LogP contribution in [0.25, 0.3) is 0 Å². The van der Waals surface area contributed by atoms with Crippen LogP contribution in [0.2, 0.25) is 10.0 Å². The lowest BCUT2D eigenvalue weighted by atomic mass is 10.1. The van der Waals surface area contributed by atoms with Gasteiger partial charge in [-0.3, -0.25) is 9.59 Å². The van der Waals surface area contributed by atoms with Crippen LogP contribution in [0, 0.1) is 0 Å². The molecule has 0 saturated heterocycles. The second-order valence-corrected chi connectivity index (χ2v) is 6.04. The zero-order valence-electron chi connectivity index (χ0n) is 13.6. The zero-order chi connectivity index (χ0) is 18.2. The summed E-state index contributed by atoms with van der Waals surface area (Å²) >= 11 is 11.7. The van der Waals surface area contributed by atoms with E-state index >= 15 is 0 Å². The number of benzene rings is 2. The molecule has 0 atom stereocenters. The highest BCUT2D eigenvalue weighted by Gasteiger charge is 2.10. The maximum Gasteiger partial charge on any atom is 0.251 e. The number of hydrogen-bond donors (Lipinski definition) is 2. The number of hydrogen-bond acceptors (Lipinski definition) is 3. The van der Waals surface area contributed by atoms with Gasteiger partial charge < -0.3 is 15.4 Å². The van der Waals surface area contributed by atoms with E-state index in [2.05, 4.69) is 10.6 Å². The molecular formula is C18H18Cl2N2O3. The largest absolute Gasteiger partial charge is 0.496 e.